The molecule has 2 aromatic heterocycles. The van der Waals surface area contributed by atoms with Gasteiger partial charge < -0.3 is 4.90 Å². The Labute approximate surface area is 132 Å². The SMILES string of the molecule is Cn1c(N2CC(n3cc(C#N)cn3)C2)nc2ccccc2c1=O. The summed E-state index contributed by atoms with van der Waals surface area (Å²) in [6.45, 7) is 1.43. The summed E-state index contributed by atoms with van der Waals surface area (Å²) in [5.74, 6) is 0.664. The summed E-state index contributed by atoms with van der Waals surface area (Å²) in [5, 5.41) is 13.7. The van der Waals surface area contributed by atoms with Gasteiger partial charge in [-0.2, -0.15) is 10.4 Å². The summed E-state index contributed by atoms with van der Waals surface area (Å²) in [6, 6.07) is 9.64. The summed E-state index contributed by atoms with van der Waals surface area (Å²) in [6.07, 6.45) is 3.31. The molecule has 3 heterocycles. The number of hydrogen-bond donors (Lipinski definition) is 0. The normalized spacial score (nSPS) is 14.7. The Balaban J connectivity index is 1.63. The maximum atomic E-state index is 12.4. The summed E-state index contributed by atoms with van der Waals surface area (Å²) >= 11 is 0. The van der Waals surface area contributed by atoms with E-state index in [4.69, 9.17) is 5.26 Å². The zero-order valence-corrected chi connectivity index (χ0v) is 12.5. The van der Waals surface area contributed by atoms with E-state index in [9.17, 15) is 4.79 Å². The highest BCUT2D eigenvalue weighted by Crippen LogP contribution is 2.26. The van der Waals surface area contributed by atoms with Gasteiger partial charge in [-0.1, -0.05) is 12.1 Å². The maximum Gasteiger partial charge on any atom is 0.262 e. The van der Waals surface area contributed by atoms with Gasteiger partial charge in [-0.15, -0.1) is 0 Å². The molecule has 0 atom stereocenters. The summed E-state index contributed by atoms with van der Waals surface area (Å²) < 4.78 is 3.39. The van der Waals surface area contributed by atoms with Gasteiger partial charge >= 0.3 is 0 Å². The Morgan fingerprint density at radius 1 is 1.30 bits per heavy atom. The molecule has 3 aromatic rings. The van der Waals surface area contributed by atoms with Crippen LogP contribution in [-0.4, -0.2) is 32.4 Å². The fourth-order valence-corrected chi connectivity index (χ4v) is 2.87. The van der Waals surface area contributed by atoms with Crippen molar-refractivity contribution in [1.29, 1.82) is 5.26 Å². The first-order chi connectivity index (χ1) is 11.2. The molecule has 0 unspecified atom stereocenters. The molecule has 1 saturated heterocycles. The summed E-state index contributed by atoms with van der Waals surface area (Å²) in [5.41, 5.74) is 1.22. The fourth-order valence-electron chi connectivity index (χ4n) is 2.87. The lowest BCUT2D eigenvalue weighted by molar-refractivity contribution is 0.360. The van der Waals surface area contributed by atoms with E-state index < -0.39 is 0 Å². The minimum Gasteiger partial charge on any atom is -0.338 e. The van der Waals surface area contributed by atoms with Gasteiger partial charge in [-0.25, -0.2) is 4.98 Å². The molecule has 1 aliphatic heterocycles. The van der Waals surface area contributed by atoms with Crippen LogP contribution in [0, 0.1) is 11.3 Å². The molecule has 0 amide bonds. The first kappa shape index (κ1) is 13.5. The van der Waals surface area contributed by atoms with Gasteiger partial charge in [-0.3, -0.25) is 14.0 Å². The van der Waals surface area contributed by atoms with Crippen LogP contribution >= 0.6 is 0 Å². The van der Waals surface area contributed by atoms with E-state index in [0.29, 0.717) is 35.5 Å². The molecule has 0 aliphatic carbocycles. The van der Waals surface area contributed by atoms with Crippen molar-refractivity contribution in [3.8, 4) is 6.07 Å². The number of aromatic nitrogens is 4. The van der Waals surface area contributed by atoms with E-state index in [2.05, 4.69) is 16.2 Å². The van der Waals surface area contributed by atoms with Crippen molar-refractivity contribution in [2.45, 2.75) is 6.04 Å². The lowest BCUT2D eigenvalue weighted by Crippen LogP contribution is -2.50. The minimum absolute atomic E-state index is 0.0418. The number of fused-ring (bicyclic) bond motifs is 1. The highest BCUT2D eigenvalue weighted by Gasteiger charge is 2.31. The molecule has 23 heavy (non-hydrogen) atoms. The molecular formula is C16H14N6O. The quantitative estimate of drug-likeness (QED) is 0.707. The Kier molecular flexibility index (Phi) is 2.91. The first-order valence-electron chi connectivity index (χ1n) is 7.32. The van der Waals surface area contributed by atoms with Crippen LogP contribution in [0.15, 0.2) is 41.5 Å². The number of anilines is 1. The van der Waals surface area contributed by atoms with Gasteiger partial charge in [-0.05, 0) is 12.1 Å². The molecule has 0 saturated carbocycles. The Morgan fingerprint density at radius 2 is 2.09 bits per heavy atom. The third-order valence-electron chi connectivity index (χ3n) is 4.21. The molecule has 0 bridgehead atoms. The maximum absolute atomic E-state index is 12.4. The van der Waals surface area contributed by atoms with E-state index in [0.717, 1.165) is 0 Å². The van der Waals surface area contributed by atoms with Crippen LogP contribution in [0.1, 0.15) is 11.6 Å². The molecule has 114 valence electrons. The first-order valence-corrected chi connectivity index (χ1v) is 7.32. The smallest absolute Gasteiger partial charge is 0.262 e. The standard InChI is InChI=1S/C16H14N6O/c1-20-15(23)13-4-2-3-5-14(13)19-16(20)21-9-12(10-21)22-8-11(6-17)7-18-22/h2-5,7-8,12H,9-10H2,1H3. The van der Waals surface area contributed by atoms with Crippen LogP contribution in [0.25, 0.3) is 10.9 Å². The third-order valence-corrected chi connectivity index (χ3v) is 4.21. The number of rotatable bonds is 2. The number of hydrogen-bond acceptors (Lipinski definition) is 5. The molecule has 1 fully saturated rings. The van der Waals surface area contributed by atoms with Crippen LogP contribution < -0.4 is 10.5 Å². The lowest BCUT2D eigenvalue weighted by atomic mass is 10.1. The van der Waals surface area contributed by atoms with Gasteiger partial charge in [0.05, 0.1) is 28.7 Å². The third kappa shape index (κ3) is 2.07. The van der Waals surface area contributed by atoms with Crippen molar-refractivity contribution >= 4 is 16.9 Å². The topological polar surface area (TPSA) is 79.7 Å². The average Bonchev–Trinajstić information content (AvgIpc) is 2.99. The molecule has 1 aliphatic rings. The van der Waals surface area contributed by atoms with Crippen molar-refractivity contribution in [2.24, 2.45) is 7.05 Å². The molecule has 0 N–H and O–H groups in total. The van der Waals surface area contributed by atoms with Crippen LogP contribution in [0.3, 0.4) is 0 Å². The zero-order chi connectivity index (χ0) is 16.0. The second kappa shape index (κ2) is 4.95. The number of nitrogens with zero attached hydrogens (tertiary/aromatic N) is 6. The minimum atomic E-state index is -0.0418. The highest BCUT2D eigenvalue weighted by atomic mass is 16.1. The average molecular weight is 306 g/mol. The van der Waals surface area contributed by atoms with Gasteiger partial charge in [0.25, 0.3) is 5.56 Å². The second-order valence-electron chi connectivity index (χ2n) is 5.67. The van der Waals surface area contributed by atoms with Crippen molar-refractivity contribution in [1.82, 2.24) is 19.3 Å². The van der Waals surface area contributed by atoms with Crippen molar-refractivity contribution < 1.29 is 0 Å². The number of para-hydroxylation sites is 1. The van der Waals surface area contributed by atoms with Crippen LogP contribution in [0.4, 0.5) is 5.95 Å². The molecule has 0 radical (unpaired) electrons. The second-order valence-corrected chi connectivity index (χ2v) is 5.67. The molecular weight excluding hydrogens is 292 g/mol. The van der Waals surface area contributed by atoms with Crippen molar-refractivity contribution in [2.75, 3.05) is 18.0 Å². The predicted molar refractivity (Wildman–Crippen MR) is 85.2 cm³/mol. The van der Waals surface area contributed by atoms with Gasteiger partial charge in [0.15, 0.2) is 0 Å². The van der Waals surface area contributed by atoms with Crippen LogP contribution in [0.2, 0.25) is 0 Å². The Hall–Kier alpha value is -3.14. The lowest BCUT2D eigenvalue weighted by Gasteiger charge is -2.40. The van der Waals surface area contributed by atoms with Gasteiger partial charge in [0, 0.05) is 26.3 Å². The van der Waals surface area contributed by atoms with E-state index in [1.165, 1.54) is 0 Å². The largest absolute Gasteiger partial charge is 0.338 e. The summed E-state index contributed by atoms with van der Waals surface area (Å²) in [4.78, 5) is 19.1. The number of benzene rings is 1. The van der Waals surface area contributed by atoms with Crippen LogP contribution in [-0.2, 0) is 7.05 Å². The van der Waals surface area contributed by atoms with E-state index in [1.54, 1.807) is 34.8 Å². The molecule has 7 nitrogen and oxygen atoms in total. The summed E-state index contributed by atoms with van der Waals surface area (Å²) in [7, 11) is 1.74. The van der Waals surface area contributed by atoms with Crippen LogP contribution in [0.5, 0.6) is 0 Å². The van der Waals surface area contributed by atoms with E-state index >= 15 is 0 Å². The highest BCUT2D eigenvalue weighted by molar-refractivity contribution is 5.78. The molecule has 1 aromatic carbocycles. The zero-order valence-electron chi connectivity index (χ0n) is 12.5. The number of nitriles is 1. The Bertz CT molecular complexity index is 990. The van der Waals surface area contributed by atoms with E-state index in [1.807, 2.05) is 23.1 Å². The predicted octanol–water partition coefficient (Wildman–Crippen LogP) is 1.06. The van der Waals surface area contributed by atoms with Crippen molar-refractivity contribution in [3.05, 3.63) is 52.6 Å². The molecule has 4 rings (SSSR count). The van der Waals surface area contributed by atoms with E-state index in [-0.39, 0.29) is 11.6 Å². The molecule has 0 spiro atoms. The molecule has 7 heteroatoms. The Morgan fingerprint density at radius 3 is 2.83 bits per heavy atom. The monoisotopic (exact) mass is 306 g/mol. The van der Waals surface area contributed by atoms with Gasteiger partial charge in [0.1, 0.15) is 6.07 Å². The van der Waals surface area contributed by atoms with Gasteiger partial charge in [0.2, 0.25) is 5.95 Å². The fraction of sp³-hybridized carbons (Fsp3) is 0.250. The van der Waals surface area contributed by atoms with Crippen molar-refractivity contribution in [3.63, 3.8) is 0 Å².